The van der Waals surface area contributed by atoms with E-state index < -0.39 is 0 Å². The molecule has 0 saturated carbocycles. The third-order valence-corrected chi connectivity index (χ3v) is 4.63. The standard InChI is InChI=1S/C22H26O5/c1-5-26-22-16-8-6-7-9-17-18(12-13-19(23-2)21(17)25-4)27-14-15(16)10-11-20(22)24-3/h6-7,10-13H,5,8-9,14H2,1-4H3/b7-6+. The van der Waals surface area contributed by atoms with Crippen molar-refractivity contribution >= 4 is 0 Å². The highest BCUT2D eigenvalue weighted by Crippen LogP contribution is 2.40. The van der Waals surface area contributed by atoms with Crippen LogP contribution in [-0.2, 0) is 19.4 Å². The summed E-state index contributed by atoms with van der Waals surface area (Å²) in [5, 5.41) is 0. The third-order valence-electron chi connectivity index (χ3n) is 4.63. The number of rotatable bonds is 5. The second kappa shape index (κ2) is 8.71. The summed E-state index contributed by atoms with van der Waals surface area (Å²) in [4.78, 5) is 0. The highest BCUT2D eigenvalue weighted by atomic mass is 16.5. The van der Waals surface area contributed by atoms with Crippen LogP contribution >= 0.6 is 0 Å². The van der Waals surface area contributed by atoms with Crippen molar-refractivity contribution in [2.45, 2.75) is 26.4 Å². The molecule has 0 N–H and O–H groups in total. The zero-order valence-electron chi connectivity index (χ0n) is 16.3. The second-order valence-corrected chi connectivity index (χ2v) is 6.11. The SMILES string of the molecule is CCOc1c(OC)ccc2c1C/C=C/Cc1c(ccc(OC)c1OC)OC2. The Hall–Kier alpha value is -2.82. The van der Waals surface area contributed by atoms with E-state index >= 15 is 0 Å². The molecule has 27 heavy (non-hydrogen) atoms. The molecule has 0 aliphatic carbocycles. The van der Waals surface area contributed by atoms with Crippen molar-refractivity contribution in [3.63, 3.8) is 0 Å². The molecule has 1 aliphatic heterocycles. The van der Waals surface area contributed by atoms with Crippen molar-refractivity contribution in [1.29, 1.82) is 0 Å². The summed E-state index contributed by atoms with van der Waals surface area (Å²) in [5.74, 6) is 3.74. The lowest BCUT2D eigenvalue weighted by Crippen LogP contribution is -2.08. The smallest absolute Gasteiger partial charge is 0.167 e. The predicted octanol–water partition coefficient (Wildman–Crippen LogP) is 4.34. The van der Waals surface area contributed by atoms with Crippen LogP contribution in [0.15, 0.2) is 36.4 Å². The molecule has 2 aromatic rings. The molecule has 0 saturated heterocycles. The van der Waals surface area contributed by atoms with E-state index in [1.54, 1.807) is 21.3 Å². The highest BCUT2D eigenvalue weighted by molar-refractivity contribution is 5.56. The van der Waals surface area contributed by atoms with Gasteiger partial charge in [-0.3, -0.25) is 0 Å². The number of fused-ring (bicyclic) bond motifs is 2. The molecular formula is C22H26O5. The predicted molar refractivity (Wildman–Crippen MR) is 105 cm³/mol. The van der Waals surface area contributed by atoms with Gasteiger partial charge in [-0.2, -0.15) is 0 Å². The van der Waals surface area contributed by atoms with E-state index in [4.69, 9.17) is 23.7 Å². The molecule has 0 fully saturated rings. The molecule has 3 rings (SSSR count). The molecule has 1 heterocycles. The zero-order valence-corrected chi connectivity index (χ0v) is 16.3. The van der Waals surface area contributed by atoms with Crippen LogP contribution in [0.25, 0.3) is 0 Å². The lowest BCUT2D eigenvalue weighted by Gasteiger charge is -2.20. The molecule has 2 aromatic carbocycles. The van der Waals surface area contributed by atoms with Crippen LogP contribution in [0.2, 0.25) is 0 Å². The highest BCUT2D eigenvalue weighted by Gasteiger charge is 2.19. The van der Waals surface area contributed by atoms with Crippen LogP contribution in [0.1, 0.15) is 23.6 Å². The fourth-order valence-electron chi connectivity index (χ4n) is 3.33. The molecule has 0 aromatic heterocycles. The molecule has 0 radical (unpaired) electrons. The summed E-state index contributed by atoms with van der Waals surface area (Å²) in [6.07, 6.45) is 5.70. The van der Waals surface area contributed by atoms with E-state index in [1.165, 1.54) is 0 Å². The Morgan fingerprint density at radius 3 is 2.15 bits per heavy atom. The fourth-order valence-corrected chi connectivity index (χ4v) is 3.33. The van der Waals surface area contributed by atoms with E-state index in [0.717, 1.165) is 40.4 Å². The van der Waals surface area contributed by atoms with Gasteiger partial charge in [-0.25, -0.2) is 0 Å². The zero-order chi connectivity index (χ0) is 19.2. The molecule has 0 spiro atoms. The van der Waals surface area contributed by atoms with Gasteiger partial charge >= 0.3 is 0 Å². The molecule has 5 heteroatoms. The van der Waals surface area contributed by atoms with Gasteiger partial charge in [0, 0.05) is 11.1 Å². The number of benzene rings is 2. The van der Waals surface area contributed by atoms with E-state index in [1.807, 2.05) is 31.2 Å². The van der Waals surface area contributed by atoms with Gasteiger partial charge in [0.1, 0.15) is 12.4 Å². The first-order chi connectivity index (χ1) is 13.2. The Kier molecular flexibility index (Phi) is 6.12. The van der Waals surface area contributed by atoms with Gasteiger partial charge in [0.2, 0.25) is 0 Å². The molecule has 5 nitrogen and oxygen atoms in total. The van der Waals surface area contributed by atoms with Gasteiger partial charge in [0.25, 0.3) is 0 Å². The summed E-state index contributed by atoms with van der Waals surface area (Å²) in [5.41, 5.74) is 3.15. The Morgan fingerprint density at radius 1 is 0.815 bits per heavy atom. The Morgan fingerprint density at radius 2 is 1.48 bits per heavy atom. The minimum absolute atomic E-state index is 0.440. The largest absolute Gasteiger partial charge is 0.493 e. The minimum Gasteiger partial charge on any atom is -0.493 e. The van der Waals surface area contributed by atoms with E-state index in [-0.39, 0.29) is 0 Å². The maximum atomic E-state index is 6.17. The normalized spacial score (nSPS) is 14.2. The monoisotopic (exact) mass is 370 g/mol. The summed E-state index contributed by atoms with van der Waals surface area (Å²) in [6.45, 7) is 2.99. The van der Waals surface area contributed by atoms with Gasteiger partial charge in [-0.15, -0.1) is 0 Å². The van der Waals surface area contributed by atoms with Crippen molar-refractivity contribution in [1.82, 2.24) is 0 Å². The molecule has 0 amide bonds. The van der Waals surface area contributed by atoms with Crippen molar-refractivity contribution in [2.24, 2.45) is 0 Å². The van der Waals surface area contributed by atoms with E-state index in [2.05, 4.69) is 12.2 Å². The molecule has 1 aliphatic rings. The Labute approximate surface area is 160 Å². The number of hydrogen-bond donors (Lipinski definition) is 0. The van der Waals surface area contributed by atoms with Crippen molar-refractivity contribution in [2.75, 3.05) is 27.9 Å². The van der Waals surface area contributed by atoms with Gasteiger partial charge in [0.15, 0.2) is 23.0 Å². The van der Waals surface area contributed by atoms with Gasteiger partial charge in [-0.05, 0) is 43.5 Å². The number of methoxy groups -OCH3 is 3. The van der Waals surface area contributed by atoms with Crippen molar-refractivity contribution < 1.29 is 23.7 Å². The molecule has 0 atom stereocenters. The summed E-state index contributed by atoms with van der Waals surface area (Å²) >= 11 is 0. The molecular weight excluding hydrogens is 344 g/mol. The summed E-state index contributed by atoms with van der Waals surface area (Å²) < 4.78 is 28.5. The topological polar surface area (TPSA) is 46.2 Å². The lowest BCUT2D eigenvalue weighted by molar-refractivity contribution is 0.288. The first kappa shape index (κ1) is 19.0. The fraction of sp³-hybridized carbons (Fsp3) is 0.364. The maximum absolute atomic E-state index is 6.17. The minimum atomic E-state index is 0.440. The van der Waals surface area contributed by atoms with Crippen molar-refractivity contribution in [3.05, 3.63) is 53.1 Å². The molecule has 144 valence electrons. The molecule has 0 unspecified atom stereocenters. The van der Waals surface area contributed by atoms with Crippen LogP contribution in [0, 0.1) is 0 Å². The van der Waals surface area contributed by atoms with E-state index in [9.17, 15) is 0 Å². The third kappa shape index (κ3) is 3.82. The number of allylic oxidation sites excluding steroid dienone is 2. The van der Waals surface area contributed by atoms with Crippen molar-refractivity contribution in [3.8, 4) is 28.7 Å². The average Bonchev–Trinajstić information content (AvgIpc) is 2.70. The van der Waals surface area contributed by atoms with Crippen LogP contribution in [0.5, 0.6) is 28.7 Å². The van der Waals surface area contributed by atoms with Gasteiger partial charge in [0.05, 0.1) is 27.9 Å². The van der Waals surface area contributed by atoms with Crippen LogP contribution in [-0.4, -0.2) is 27.9 Å². The average molecular weight is 370 g/mol. The Balaban J connectivity index is 2.03. The summed E-state index contributed by atoms with van der Waals surface area (Å²) in [6, 6.07) is 7.76. The maximum Gasteiger partial charge on any atom is 0.167 e. The molecule has 0 bridgehead atoms. The van der Waals surface area contributed by atoms with Crippen LogP contribution in [0.3, 0.4) is 0 Å². The number of hydrogen-bond acceptors (Lipinski definition) is 5. The quantitative estimate of drug-likeness (QED) is 0.733. The first-order valence-electron chi connectivity index (χ1n) is 9.06. The first-order valence-corrected chi connectivity index (χ1v) is 9.06. The Bertz CT molecular complexity index is 826. The van der Waals surface area contributed by atoms with Crippen LogP contribution in [0.4, 0.5) is 0 Å². The number of ether oxygens (including phenoxy) is 5. The lowest BCUT2D eigenvalue weighted by atomic mass is 10.0. The second-order valence-electron chi connectivity index (χ2n) is 6.11. The van der Waals surface area contributed by atoms with Crippen LogP contribution < -0.4 is 23.7 Å². The van der Waals surface area contributed by atoms with E-state index in [0.29, 0.717) is 31.1 Å². The van der Waals surface area contributed by atoms with Gasteiger partial charge in [-0.1, -0.05) is 18.2 Å². The summed E-state index contributed by atoms with van der Waals surface area (Å²) in [7, 11) is 4.95. The van der Waals surface area contributed by atoms with Gasteiger partial charge < -0.3 is 23.7 Å².